The molecule has 0 fully saturated rings. The fraction of sp³-hybridized carbons (Fsp3) is 0.154. The molecular formula is C13H8Cl2N2O3S. The number of nitro groups is 1. The molecule has 0 unspecified atom stereocenters. The molecule has 0 spiro atoms. The highest BCUT2D eigenvalue weighted by Crippen LogP contribution is 2.36. The molecule has 2 aromatic rings. The predicted octanol–water partition coefficient (Wildman–Crippen LogP) is 4.17. The maximum atomic E-state index is 12.5. The van der Waals surface area contributed by atoms with Gasteiger partial charge in [-0.1, -0.05) is 29.3 Å². The normalized spacial score (nSPS) is 13.3. The summed E-state index contributed by atoms with van der Waals surface area (Å²) in [6.07, 6.45) is 0.661. The number of nitrogens with zero attached hydrogens (tertiary/aromatic N) is 2. The molecule has 0 radical (unpaired) electrons. The van der Waals surface area contributed by atoms with Gasteiger partial charge in [-0.25, -0.2) is 0 Å². The van der Waals surface area contributed by atoms with Crippen molar-refractivity contribution >= 4 is 51.8 Å². The fourth-order valence-electron chi connectivity index (χ4n) is 2.32. The first kappa shape index (κ1) is 14.3. The molecule has 108 valence electrons. The van der Waals surface area contributed by atoms with Gasteiger partial charge in [-0.2, -0.15) is 0 Å². The molecule has 1 aliphatic rings. The summed E-state index contributed by atoms with van der Waals surface area (Å²) < 4.78 is 0.755. The van der Waals surface area contributed by atoms with Gasteiger partial charge in [0.1, 0.15) is 4.34 Å². The Bertz CT molecular complexity index is 760. The first-order chi connectivity index (χ1) is 9.97. The maximum absolute atomic E-state index is 12.5. The quantitative estimate of drug-likeness (QED) is 0.607. The Morgan fingerprint density at radius 1 is 1.33 bits per heavy atom. The van der Waals surface area contributed by atoms with Crippen LogP contribution in [0.3, 0.4) is 0 Å². The standard InChI is InChI=1S/C13H8Cl2N2O3S/c14-11-6-9(12(15)21-11)13(18)16-4-3-7-1-2-8(17(19)20)5-10(7)16/h1-2,5-6H,3-4H2. The lowest BCUT2D eigenvalue weighted by Crippen LogP contribution is -2.28. The van der Waals surface area contributed by atoms with Crippen molar-refractivity contribution in [3.63, 3.8) is 0 Å². The molecule has 1 amide bonds. The molecule has 0 saturated heterocycles. The van der Waals surface area contributed by atoms with E-state index in [4.69, 9.17) is 23.2 Å². The average molecular weight is 343 g/mol. The Balaban J connectivity index is 2.00. The number of thiophene rings is 1. The van der Waals surface area contributed by atoms with Crippen molar-refractivity contribution in [3.8, 4) is 0 Å². The highest BCUT2D eigenvalue weighted by atomic mass is 35.5. The molecule has 1 aromatic heterocycles. The van der Waals surface area contributed by atoms with Crippen molar-refractivity contribution in [2.75, 3.05) is 11.4 Å². The maximum Gasteiger partial charge on any atom is 0.271 e. The molecule has 2 heterocycles. The molecule has 3 rings (SSSR count). The monoisotopic (exact) mass is 342 g/mol. The van der Waals surface area contributed by atoms with Crippen LogP contribution in [-0.2, 0) is 6.42 Å². The molecule has 0 bridgehead atoms. The molecule has 0 atom stereocenters. The smallest absolute Gasteiger partial charge is 0.271 e. The third kappa shape index (κ3) is 2.50. The van der Waals surface area contributed by atoms with Crippen LogP contribution < -0.4 is 4.90 Å². The Morgan fingerprint density at radius 2 is 2.10 bits per heavy atom. The number of hydrogen-bond donors (Lipinski definition) is 0. The zero-order chi connectivity index (χ0) is 15.1. The zero-order valence-corrected chi connectivity index (χ0v) is 12.8. The first-order valence-corrected chi connectivity index (χ1v) is 7.58. The van der Waals surface area contributed by atoms with Gasteiger partial charge in [0.2, 0.25) is 0 Å². The molecule has 1 aromatic carbocycles. The topological polar surface area (TPSA) is 63.5 Å². The fourth-order valence-corrected chi connectivity index (χ4v) is 3.77. The Kier molecular flexibility index (Phi) is 3.61. The Hall–Kier alpha value is -1.63. The van der Waals surface area contributed by atoms with Crippen LogP contribution in [0.4, 0.5) is 11.4 Å². The van der Waals surface area contributed by atoms with Crippen molar-refractivity contribution in [1.82, 2.24) is 0 Å². The summed E-state index contributed by atoms with van der Waals surface area (Å²) in [6.45, 7) is 0.471. The lowest BCUT2D eigenvalue weighted by molar-refractivity contribution is -0.384. The summed E-state index contributed by atoms with van der Waals surface area (Å²) in [4.78, 5) is 24.4. The Morgan fingerprint density at radius 3 is 2.71 bits per heavy atom. The minimum Gasteiger partial charge on any atom is -0.307 e. The average Bonchev–Trinajstić information content (AvgIpc) is 3.00. The van der Waals surface area contributed by atoms with Gasteiger partial charge in [0, 0.05) is 18.7 Å². The largest absolute Gasteiger partial charge is 0.307 e. The van der Waals surface area contributed by atoms with E-state index in [-0.39, 0.29) is 11.6 Å². The number of fused-ring (bicyclic) bond motifs is 1. The molecular weight excluding hydrogens is 335 g/mol. The molecule has 0 saturated carbocycles. The highest BCUT2D eigenvalue weighted by molar-refractivity contribution is 7.20. The number of halogens is 2. The second-order valence-electron chi connectivity index (χ2n) is 4.51. The number of anilines is 1. The number of carbonyl (C=O) groups is 1. The second-order valence-corrected chi connectivity index (χ2v) is 6.80. The number of carbonyl (C=O) groups excluding carboxylic acids is 1. The number of amides is 1. The predicted molar refractivity (Wildman–Crippen MR) is 82.8 cm³/mol. The Labute approximate surface area is 133 Å². The minimum atomic E-state index is -0.476. The van der Waals surface area contributed by atoms with Gasteiger partial charge in [-0.3, -0.25) is 14.9 Å². The van der Waals surface area contributed by atoms with E-state index < -0.39 is 4.92 Å². The van der Waals surface area contributed by atoms with Crippen molar-refractivity contribution in [3.05, 3.63) is 54.2 Å². The summed E-state index contributed by atoms with van der Waals surface area (Å²) >= 11 is 13.0. The summed E-state index contributed by atoms with van der Waals surface area (Å²) in [5, 5.41) is 10.9. The van der Waals surface area contributed by atoms with Crippen LogP contribution >= 0.6 is 34.5 Å². The van der Waals surface area contributed by atoms with E-state index in [0.29, 0.717) is 32.9 Å². The second kappa shape index (κ2) is 5.29. The number of rotatable bonds is 2. The number of nitro benzene ring substituents is 1. The lowest BCUT2D eigenvalue weighted by Gasteiger charge is -2.16. The van der Waals surface area contributed by atoms with Gasteiger partial charge in [-0.15, -0.1) is 11.3 Å². The highest BCUT2D eigenvalue weighted by Gasteiger charge is 2.29. The van der Waals surface area contributed by atoms with Crippen LogP contribution in [0.2, 0.25) is 8.67 Å². The first-order valence-electron chi connectivity index (χ1n) is 6.01. The summed E-state index contributed by atoms with van der Waals surface area (Å²) in [7, 11) is 0. The van der Waals surface area contributed by atoms with Crippen LogP contribution in [-0.4, -0.2) is 17.4 Å². The van der Waals surface area contributed by atoms with E-state index in [9.17, 15) is 14.9 Å². The van der Waals surface area contributed by atoms with E-state index in [1.807, 2.05) is 0 Å². The number of hydrogen-bond acceptors (Lipinski definition) is 4. The molecule has 5 nitrogen and oxygen atoms in total. The van der Waals surface area contributed by atoms with E-state index in [1.165, 1.54) is 23.1 Å². The summed E-state index contributed by atoms with van der Waals surface area (Å²) in [5.74, 6) is -0.289. The van der Waals surface area contributed by atoms with E-state index in [1.54, 1.807) is 6.07 Å². The van der Waals surface area contributed by atoms with Gasteiger partial charge in [-0.05, 0) is 18.1 Å². The van der Waals surface area contributed by atoms with Gasteiger partial charge in [0.05, 0.1) is 20.5 Å². The van der Waals surface area contributed by atoms with Crippen LogP contribution in [0.1, 0.15) is 15.9 Å². The van der Waals surface area contributed by atoms with E-state index in [0.717, 1.165) is 16.9 Å². The van der Waals surface area contributed by atoms with Gasteiger partial charge < -0.3 is 4.90 Å². The molecule has 0 aliphatic carbocycles. The minimum absolute atomic E-state index is 0.0390. The zero-order valence-electron chi connectivity index (χ0n) is 10.5. The van der Waals surface area contributed by atoms with Crippen LogP contribution in [0.15, 0.2) is 24.3 Å². The van der Waals surface area contributed by atoms with Gasteiger partial charge >= 0.3 is 0 Å². The van der Waals surface area contributed by atoms with E-state index in [2.05, 4.69) is 0 Å². The molecule has 1 aliphatic heterocycles. The number of benzene rings is 1. The van der Waals surface area contributed by atoms with E-state index >= 15 is 0 Å². The van der Waals surface area contributed by atoms with Crippen molar-refractivity contribution < 1.29 is 9.72 Å². The SMILES string of the molecule is O=C(c1cc(Cl)sc1Cl)N1CCc2ccc([N+](=O)[O-])cc21. The van der Waals surface area contributed by atoms with Crippen molar-refractivity contribution in [2.24, 2.45) is 0 Å². The van der Waals surface area contributed by atoms with Crippen LogP contribution in [0.25, 0.3) is 0 Å². The lowest BCUT2D eigenvalue weighted by atomic mass is 10.1. The molecule has 8 heteroatoms. The third-order valence-electron chi connectivity index (χ3n) is 3.31. The molecule has 0 N–H and O–H groups in total. The van der Waals surface area contributed by atoms with Gasteiger partial charge in [0.15, 0.2) is 0 Å². The van der Waals surface area contributed by atoms with Crippen molar-refractivity contribution in [2.45, 2.75) is 6.42 Å². The molecule has 21 heavy (non-hydrogen) atoms. The van der Waals surface area contributed by atoms with Gasteiger partial charge in [0.25, 0.3) is 11.6 Å². The summed E-state index contributed by atoms with van der Waals surface area (Å²) in [6, 6.07) is 6.07. The van der Waals surface area contributed by atoms with Crippen molar-refractivity contribution in [1.29, 1.82) is 0 Å². The van der Waals surface area contributed by atoms with Crippen LogP contribution in [0.5, 0.6) is 0 Å². The third-order valence-corrected chi connectivity index (χ3v) is 4.80. The number of non-ortho nitro benzene ring substituents is 1. The summed E-state index contributed by atoms with van der Waals surface area (Å²) in [5.41, 5.74) is 1.76. The van der Waals surface area contributed by atoms with Crippen LogP contribution in [0, 0.1) is 10.1 Å².